The molecule has 0 saturated heterocycles. The van der Waals surface area contributed by atoms with E-state index >= 15 is 0 Å². The minimum absolute atomic E-state index is 0.857. The predicted octanol–water partition coefficient (Wildman–Crippen LogP) is 3.32. The summed E-state index contributed by atoms with van der Waals surface area (Å²) >= 11 is 0. The molecule has 4 nitrogen and oxygen atoms in total. The molecule has 0 radical (unpaired) electrons. The zero-order chi connectivity index (χ0) is 13.9. The van der Waals surface area contributed by atoms with Gasteiger partial charge in [-0.25, -0.2) is 9.97 Å². The van der Waals surface area contributed by atoms with Crippen LogP contribution in [0.25, 0.3) is 0 Å². The molecule has 1 aromatic rings. The molecule has 110 valence electrons. The Morgan fingerprint density at radius 3 is 2.50 bits per heavy atom. The van der Waals surface area contributed by atoms with Gasteiger partial charge in [0, 0.05) is 18.7 Å². The number of nitrogens with zero attached hydrogens (tertiary/aromatic N) is 2. The summed E-state index contributed by atoms with van der Waals surface area (Å²) in [6, 6.07) is 0. The molecule has 3 unspecified atom stereocenters. The van der Waals surface area contributed by atoms with Gasteiger partial charge >= 0.3 is 0 Å². The lowest BCUT2D eigenvalue weighted by Crippen LogP contribution is -2.21. The molecule has 2 fully saturated rings. The molecule has 1 heterocycles. The summed E-state index contributed by atoms with van der Waals surface area (Å²) in [7, 11) is 0. The van der Waals surface area contributed by atoms with E-state index in [2.05, 4.69) is 34.4 Å². The fraction of sp³-hybridized carbons (Fsp3) is 0.750. The minimum atomic E-state index is 0.857. The van der Waals surface area contributed by atoms with E-state index in [1.807, 2.05) is 0 Å². The number of rotatable bonds is 6. The molecule has 2 aliphatic rings. The van der Waals surface area contributed by atoms with Crippen molar-refractivity contribution in [3.05, 3.63) is 11.9 Å². The number of fused-ring (bicyclic) bond motifs is 2. The average molecular weight is 274 g/mol. The molecule has 4 heteroatoms. The van der Waals surface area contributed by atoms with E-state index in [0.29, 0.717) is 0 Å². The maximum absolute atomic E-state index is 4.45. The Hall–Kier alpha value is -1.32. The van der Waals surface area contributed by atoms with Gasteiger partial charge in [-0.3, -0.25) is 0 Å². The summed E-state index contributed by atoms with van der Waals surface area (Å²) < 4.78 is 0. The molecule has 2 N–H and O–H groups in total. The van der Waals surface area contributed by atoms with Crippen LogP contribution >= 0.6 is 0 Å². The van der Waals surface area contributed by atoms with Crippen molar-refractivity contribution in [1.82, 2.24) is 9.97 Å². The Morgan fingerprint density at radius 1 is 1.10 bits per heavy atom. The second-order valence-electron chi connectivity index (χ2n) is 6.25. The highest BCUT2D eigenvalue weighted by Crippen LogP contribution is 2.48. The van der Waals surface area contributed by atoms with E-state index in [9.17, 15) is 0 Å². The van der Waals surface area contributed by atoms with Gasteiger partial charge in [0.15, 0.2) is 0 Å². The van der Waals surface area contributed by atoms with Crippen molar-refractivity contribution in [2.24, 2.45) is 17.8 Å². The highest BCUT2D eigenvalue weighted by Gasteiger charge is 2.39. The number of nitrogens with one attached hydrogen (secondary N) is 2. The largest absolute Gasteiger partial charge is 0.370 e. The molecule has 3 atom stereocenters. The number of aromatic nitrogens is 2. The van der Waals surface area contributed by atoms with E-state index in [1.165, 1.54) is 31.2 Å². The topological polar surface area (TPSA) is 49.8 Å². The van der Waals surface area contributed by atoms with Crippen LogP contribution in [0.3, 0.4) is 0 Å². The molecule has 0 aliphatic heterocycles. The van der Waals surface area contributed by atoms with Gasteiger partial charge < -0.3 is 10.6 Å². The first-order valence-corrected chi connectivity index (χ1v) is 8.13. The lowest BCUT2D eigenvalue weighted by atomic mass is 9.89. The highest BCUT2D eigenvalue weighted by atomic mass is 15.1. The van der Waals surface area contributed by atoms with Crippen molar-refractivity contribution in [3.63, 3.8) is 0 Å². The minimum Gasteiger partial charge on any atom is -0.370 e. The van der Waals surface area contributed by atoms with E-state index in [-0.39, 0.29) is 0 Å². The number of hydrogen-bond acceptors (Lipinski definition) is 4. The summed E-state index contributed by atoms with van der Waals surface area (Å²) in [5.74, 6) is 4.85. The molecule has 2 saturated carbocycles. The van der Waals surface area contributed by atoms with Crippen molar-refractivity contribution in [2.75, 3.05) is 23.7 Å². The molecule has 0 spiro atoms. The number of anilines is 2. The molecule has 2 aliphatic carbocycles. The Balaban J connectivity index is 1.66. The summed E-state index contributed by atoms with van der Waals surface area (Å²) in [4.78, 5) is 8.81. The molecular formula is C16H26N4. The Bertz CT molecular complexity index is 460. The molecule has 2 bridgehead atoms. The third-order valence-corrected chi connectivity index (χ3v) is 5.06. The van der Waals surface area contributed by atoms with Crippen LogP contribution in [0.4, 0.5) is 11.6 Å². The lowest BCUT2D eigenvalue weighted by molar-refractivity contribution is 0.348. The standard InChI is InChI=1S/C16H26N4/c1-3-14-15(17-4-2)19-10-20-16(14)18-9-13-8-11-5-6-12(13)7-11/h10-13H,3-9H2,1-2H3,(H2,17,18,19,20). The second kappa shape index (κ2) is 5.98. The quantitative estimate of drug-likeness (QED) is 0.835. The second-order valence-corrected chi connectivity index (χ2v) is 6.25. The fourth-order valence-corrected chi connectivity index (χ4v) is 4.07. The van der Waals surface area contributed by atoms with Crippen molar-refractivity contribution >= 4 is 11.6 Å². The summed E-state index contributed by atoms with van der Waals surface area (Å²) in [5, 5.41) is 6.93. The third-order valence-electron chi connectivity index (χ3n) is 5.06. The van der Waals surface area contributed by atoms with Crippen molar-refractivity contribution in [1.29, 1.82) is 0 Å². The number of hydrogen-bond donors (Lipinski definition) is 2. The fourth-order valence-electron chi connectivity index (χ4n) is 4.07. The van der Waals surface area contributed by atoms with Crippen LogP contribution in [-0.2, 0) is 6.42 Å². The van der Waals surface area contributed by atoms with Crippen LogP contribution in [0.15, 0.2) is 6.33 Å². The smallest absolute Gasteiger partial charge is 0.134 e. The van der Waals surface area contributed by atoms with Gasteiger partial charge in [0.05, 0.1) is 0 Å². The Labute approximate surface area is 121 Å². The van der Waals surface area contributed by atoms with Gasteiger partial charge in [0.2, 0.25) is 0 Å². The van der Waals surface area contributed by atoms with Crippen molar-refractivity contribution < 1.29 is 0 Å². The monoisotopic (exact) mass is 274 g/mol. The zero-order valence-corrected chi connectivity index (χ0v) is 12.7. The Kier molecular flexibility index (Phi) is 4.08. The summed E-state index contributed by atoms with van der Waals surface area (Å²) in [6.07, 6.45) is 8.44. The van der Waals surface area contributed by atoms with Gasteiger partial charge in [-0.1, -0.05) is 13.3 Å². The van der Waals surface area contributed by atoms with Gasteiger partial charge in [0.25, 0.3) is 0 Å². The predicted molar refractivity (Wildman–Crippen MR) is 83.0 cm³/mol. The maximum Gasteiger partial charge on any atom is 0.134 e. The molecular weight excluding hydrogens is 248 g/mol. The molecule has 3 rings (SSSR count). The van der Waals surface area contributed by atoms with Gasteiger partial charge in [0.1, 0.15) is 18.0 Å². The van der Waals surface area contributed by atoms with Gasteiger partial charge in [-0.05, 0) is 50.4 Å². The van der Waals surface area contributed by atoms with Crippen LogP contribution in [0.1, 0.15) is 45.1 Å². The molecule has 1 aromatic heterocycles. The third kappa shape index (κ3) is 2.60. The first-order chi connectivity index (χ1) is 9.81. The van der Waals surface area contributed by atoms with Gasteiger partial charge in [-0.15, -0.1) is 0 Å². The zero-order valence-electron chi connectivity index (χ0n) is 12.7. The molecule has 0 aromatic carbocycles. The first-order valence-electron chi connectivity index (χ1n) is 8.13. The van der Waals surface area contributed by atoms with Gasteiger partial charge in [-0.2, -0.15) is 0 Å². The average Bonchev–Trinajstić information content (AvgIpc) is 3.08. The van der Waals surface area contributed by atoms with E-state index in [0.717, 1.165) is 48.9 Å². The van der Waals surface area contributed by atoms with Crippen LogP contribution < -0.4 is 10.6 Å². The van der Waals surface area contributed by atoms with E-state index < -0.39 is 0 Å². The summed E-state index contributed by atoms with van der Waals surface area (Å²) in [6.45, 7) is 6.25. The molecule has 20 heavy (non-hydrogen) atoms. The first kappa shape index (κ1) is 13.7. The SMILES string of the molecule is CCNc1ncnc(NCC2CC3CCC2C3)c1CC. The lowest BCUT2D eigenvalue weighted by Gasteiger charge is -2.23. The van der Waals surface area contributed by atoms with Crippen LogP contribution in [0.5, 0.6) is 0 Å². The maximum atomic E-state index is 4.45. The van der Waals surface area contributed by atoms with Crippen molar-refractivity contribution in [3.8, 4) is 0 Å². The van der Waals surface area contributed by atoms with Crippen molar-refractivity contribution in [2.45, 2.75) is 46.0 Å². The summed E-state index contributed by atoms with van der Waals surface area (Å²) in [5.41, 5.74) is 1.22. The molecule has 0 amide bonds. The van der Waals surface area contributed by atoms with Crippen LogP contribution in [0, 0.1) is 17.8 Å². The van der Waals surface area contributed by atoms with Crippen LogP contribution in [-0.4, -0.2) is 23.1 Å². The van der Waals surface area contributed by atoms with Crippen LogP contribution in [0.2, 0.25) is 0 Å². The normalized spacial score (nSPS) is 27.8. The van der Waals surface area contributed by atoms with E-state index in [4.69, 9.17) is 0 Å². The highest BCUT2D eigenvalue weighted by molar-refractivity contribution is 5.57. The van der Waals surface area contributed by atoms with E-state index in [1.54, 1.807) is 6.33 Å². The Morgan fingerprint density at radius 2 is 1.90 bits per heavy atom.